The van der Waals surface area contributed by atoms with Gasteiger partial charge in [-0.3, -0.25) is 0 Å². The molecule has 0 radical (unpaired) electrons. The Bertz CT molecular complexity index is 369. The minimum atomic E-state index is -0.275. The Morgan fingerprint density at radius 1 is 1.54 bits per heavy atom. The summed E-state index contributed by atoms with van der Waals surface area (Å²) in [4.78, 5) is 11.3. The van der Waals surface area contributed by atoms with E-state index < -0.39 is 0 Å². The van der Waals surface area contributed by atoms with Crippen LogP contribution in [-0.2, 0) is 18.0 Å². The maximum Gasteiger partial charge on any atom is 0.339 e. The van der Waals surface area contributed by atoms with Gasteiger partial charge >= 0.3 is 5.97 Å². The molecule has 1 aromatic rings. The summed E-state index contributed by atoms with van der Waals surface area (Å²) in [5, 5.41) is 9.01. The fourth-order valence-electron chi connectivity index (χ4n) is 1.62. The molecule has 0 amide bonds. The van der Waals surface area contributed by atoms with Crippen LogP contribution < -0.4 is 0 Å². The number of hydrogen-bond donors (Lipinski definition) is 1. The monoisotopic (exact) mass is 178 g/mol. The minimum Gasteiger partial charge on any atom is -0.457 e. The van der Waals surface area contributed by atoms with Crippen LogP contribution in [0.5, 0.6) is 0 Å². The second-order valence-corrected chi connectivity index (χ2v) is 3.13. The molecule has 0 atom stereocenters. The van der Waals surface area contributed by atoms with E-state index in [4.69, 9.17) is 9.84 Å². The van der Waals surface area contributed by atoms with Gasteiger partial charge in [-0.1, -0.05) is 12.1 Å². The molecule has 0 spiro atoms. The quantitative estimate of drug-likeness (QED) is 0.656. The molecule has 0 saturated carbocycles. The highest BCUT2D eigenvalue weighted by molar-refractivity contribution is 5.95. The number of carbonyl (C=O) groups excluding carboxylic acids is 1. The third kappa shape index (κ3) is 1.12. The summed E-state index contributed by atoms with van der Waals surface area (Å²) in [5.41, 5.74) is 3.17. The van der Waals surface area contributed by atoms with Crippen molar-refractivity contribution in [3.05, 3.63) is 34.4 Å². The van der Waals surface area contributed by atoms with Gasteiger partial charge in [-0.05, 0) is 18.1 Å². The minimum absolute atomic E-state index is 0.0424. The summed E-state index contributed by atoms with van der Waals surface area (Å²) in [6, 6.07) is 3.66. The number of carbonyl (C=O) groups is 1. The van der Waals surface area contributed by atoms with E-state index in [0.717, 1.165) is 16.7 Å². The molecule has 3 nitrogen and oxygen atoms in total. The molecular weight excluding hydrogens is 168 g/mol. The SMILES string of the molecule is Cc1ccc(CO)c2c1C(=O)OC2. The van der Waals surface area contributed by atoms with Crippen molar-refractivity contribution in [2.45, 2.75) is 20.1 Å². The number of benzene rings is 1. The van der Waals surface area contributed by atoms with Gasteiger partial charge in [0.05, 0.1) is 12.2 Å². The summed E-state index contributed by atoms with van der Waals surface area (Å²) < 4.78 is 4.90. The van der Waals surface area contributed by atoms with Crippen LogP contribution in [-0.4, -0.2) is 11.1 Å². The van der Waals surface area contributed by atoms with Gasteiger partial charge in [-0.15, -0.1) is 0 Å². The van der Waals surface area contributed by atoms with E-state index >= 15 is 0 Å². The third-order valence-corrected chi connectivity index (χ3v) is 2.34. The molecule has 2 rings (SSSR count). The van der Waals surface area contributed by atoms with E-state index in [-0.39, 0.29) is 12.6 Å². The number of rotatable bonds is 1. The first-order valence-corrected chi connectivity index (χ1v) is 4.13. The molecule has 1 aliphatic heterocycles. The van der Waals surface area contributed by atoms with Crippen molar-refractivity contribution in [2.24, 2.45) is 0 Å². The van der Waals surface area contributed by atoms with E-state index in [2.05, 4.69) is 0 Å². The molecule has 13 heavy (non-hydrogen) atoms. The van der Waals surface area contributed by atoms with Crippen LogP contribution in [0.25, 0.3) is 0 Å². The summed E-state index contributed by atoms with van der Waals surface area (Å²) in [6.07, 6.45) is 0. The number of ether oxygens (including phenoxy) is 1. The summed E-state index contributed by atoms with van der Waals surface area (Å²) >= 11 is 0. The predicted octanol–water partition coefficient (Wildman–Crippen LogP) is 1.16. The lowest BCUT2D eigenvalue weighted by atomic mass is 9.99. The van der Waals surface area contributed by atoms with Crippen molar-refractivity contribution in [1.82, 2.24) is 0 Å². The highest BCUT2D eigenvalue weighted by Crippen LogP contribution is 2.26. The molecule has 1 heterocycles. The molecule has 1 aromatic carbocycles. The Kier molecular flexibility index (Phi) is 1.81. The number of aliphatic hydroxyl groups excluding tert-OH is 1. The first-order valence-electron chi connectivity index (χ1n) is 4.13. The zero-order valence-electron chi connectivity index (χ0n) is 7.33. The molecule has 1 aliphatic rings. The number of cyclic esters (lactones) is 1. The molecule has 0 aliphatic carbocycles. The largest absolute Gasteiger partial charge is 0.457 e. The zero-order valence-corrected chi connectivity index (χ0v) is 7.33. The van der Waals surface area contributed by atoms with Gasteiger partial charge in [0.15, 0.2) is 0 Å². The number of aryl methyl sites for hydroxylation is 1. The summed E-state index contributed by atoms with van der Waals surface area (Å²) in [5.74, 6) is -0.275. The van der Waals surface area contributed by atoms with Crippen molar-refractivity contribution in [2.75, 3.05) is 0 Å². The number of esters is 1. The Hall–Kier alpha value is -1.35. The maximum absolute atomic E-state index is 11.3. The lowest BCUT2D eigenvalue weighted by molar-refractivity contribution is 0.0533. The standard InChI is InChI=1S/C10H10O3/c1-6-2-3-7(4-11)8-5-13-10(12)9(6)8/h2-3,11H,4-5H2,1H3. The van der Waals surface area contributed by atoms with E-state index in [0.29, 0.717) is 12.2 Å². The fraction of sp³-hybridized carbons (Fsp3) is 0.300. The molecule has 0 aromatic heterocycles. The van der Waals surface area contributed by atoms with Crippen molar-refractivity contribution in [3.8, 4) is 0 Å². The summed E-state index contributed by atoms with van der Waals surface area (Å²) in [6.45, 7) is 2.12. The van der Waals surface area contributed by atoms with Gasteiger partial charge in [0.25, 0.3) is 0 Å². The van der Waals surface area contributed by atoms with E-state index in [9.17, 15) is 4.79 Å². The second-order valence-electron chi connectivity index (χ2n) is 3.13. The average Bonchev–Trinajstić information content (AvgIpc) is 2.50. The lowest BCUT2D eigenvalue weighted by Gasteiger charge is -2.04. The Balaban J connectivity index is 2.65. The molecule has 68 valence electrons. The van der Waals surface area contributed by atoms with Crippen LogP contribution in [0.1, 0.15) is 27.0 Å². The molecule has 0 unspecified atom stereocenters. The normalized spacial score (nSPS) is 14.2. The lowest BCUT2D eigenvalue weighted by Crippen LogP contribution is -1.99. The van der Waals surface area contributed by atoms with Crippen LogP contribution in [0.4, 0.5) is 0 Å². The summed E-state index contributed by atoms with van der Waals surface area (Å²) in [7, 11) is 0. The molecule has 0 bridgehead atoms. The van der Waals surface area contributed by atoms with Crippen molar-refractivity contribution >= 4 is 5.97 Å². The number of aliphatic hydroxyl groups is 1. The Morgan fingerprint density at radius 2 is 2.31 bits per heavy atom. The van der Waals surface area contributed by atoms with E-state index in [1.165, 1.54) is 0 Å². The van der Waals surface area contributed by atoms with Gasteiger partial charge in [-0.2, -0.15) is 0 Å². The highest BCUT2D eigenvalue weighted by Gasteiger charge is 2.25. The predicted molar refractivity (Wildman–Crippen MR) is 46.2 cm³/mol. The molecule has 0 saturated heterocycles. The molecule has 1 N–H and O–H groups in total. The molecule has 3 heteroatoms. The fourth-order valence-corrected chi connectivity index (χ4v) is 1.62. The van der Waals surface area contributed by atoms with Crippen molar-refractivity contribution in [3.63, 3.8) is 0 Å². The Morgan fingerprint density at radius 3 is 3.00 bits per heavy atom. The van der Waals surface area contributed by atoms with Crippen LogP contribution in [0.15, 0.2) is 12.1 Å². The maximum atomic E-state index is 11.3. The third-order valence-electron chi connectivity index (χ3n) is 2.34. The van der Waals surface area contributed by atoms with Gasteiger partial charge in [0.1, 0.15) is 6.61 Å². The topological polar surface area (TPSA) is 46.5 Å². The van der Waals surface area contributed by atoms with Gasteiger partial charge in [0, 0.05) is 5.56 Å². The van der Waals surface area contributed by atoms with Crippen LogP contribution >= 0.6 is 0 Å². The van der Waals surface area contributed by atoms with Crippen molar-refractivity contribution < 1.29 is 14.6 Å². The van der Waals surface area contributed by atoms with Crippen LogP contribution in [0, 0.1) is 6.92 Å². The second kappa shape index (κ2) is 2.85. The van der Waals surface area contributed by atoms with Crippen LogP contribution in [0.2, 0.25) is 0 Å². The van der Waals surface area contributed by atoms with Crippen molar-refractivity contribution in [1.29, 1.82) is 0 Å². The van der Waals surface area contributed by atoms with Gasteiger partial charge < -0.3 is 9.84 Å². The van der Waals surface area contributed by atoms with Gasteiger partial charge in [-0.25, -0.2) is 4.79 Å². The molecule has 0 fully saturated rings. The van der Waals surface area contributed by atoms with Gasteiger partial charge in [0.2, 0.25) is 0 Å². The zero-order chi connectivity index (χ0) is 9.42. The van der Waals surface area contributed by atoms with E-state index in [1.807, 2.05) is 19.1 Å². The molecular formula is C10H10O3. The first kappa shape index (κ1) is 8.26. The first-order chi connectivity index (χ1) is 6.24. The number of fused-ring (bicyclic) bond motifs is 1. The van der Waals surface area contributed by atoms with E-state index in [1.54, 1.807) is 0 Å². The number of hydrogen-bond acceptors (Lipinski definition) is 3. The smallest absolute Gasteiger partial charge is 0.339 e. The Labute approximate surface area is 76.0 Å². The highest BCUT2D eigenvalue weighted by atomic mass is 16.5. The average molecular weight is 178 g/mol. The van der Waals surface area contributed by atoms with Crippen LogP contribution in [0.3, 0.4) is 0 Å².